The number of phenolic OH excluding ortho intramolecular Hbond substituents is 2. The Balaban J connectivity index is 2.11. The number of ether oxygens (including phenoxy) is 4. The number of carbonyl (C=O) groups is 3. The van der Waals surface area contributed by atoms with E-state index in [2.05, 4.69) is 0 Å². The van der Waals surface area contributed by atoms with Crippen LogP contribution in [0.2, 0.25) is 0 Å². The number of benzene rings is 1. The summed E-state index contributed by atoms with van der Waals surface area (Å²) < 4.78 is 22.1. The maximum Gasteiger partial charge on any atom is 0.335 e. The quantitative estimate of drug-likeness (QED) is 0.330. The molecule has 1 fully saturated rings. The molecule has 12 heteroatoms. The summed E-state index contributed by atoms with van der Waals surface area (Å²) in [6, 6.07) is 2.80. The van der Waals surface area contributed by atoms with Gasteiger partial charge in [0.05, 0.1) is 17.1 Å². The number of esters is 2. The Labute approximate surface area is 204 Å². The third-order valence-corrected chi connectivity index (χ3v) is 6.09. The van der Waals surface area contributed by atoms with Crippen LogP contribution < -0.4 is 10.2 Å². The number of aromatic hydroxyl groups is 3. The molecule has 1 aliphatic rings. The Morgan fingerprint density at radius 1 is 0.972 bits per heavy atom. The van der Waals surface area contributed by atoms with E-state index in [4.69, 9.17) is 18.9 Å². The summed E-state index contributed by atoms with van der Waals surface area (Å²) in [4.78, 5) is 47.1. The van der Waals surface area contributed by atoms with Crippen LogP contribution in [-0.4, -0.2) is 63.4 Å². The number of rotatable bonds is 6. The standard InChI is InChI=1S/C24H26O12/c1-9-10(2)22(34-12(4)26)24(36-17(9)8-33-11(3)25)35-16-7-13-5-14(23(31)32)6-15(27)19(28)18(13)21(30)20(16)29/h5-7,9-10,17,22,24,29-30H,8H2,1-4H3,(H,27,28)(H,31,32)/t9-,10+,17-,22-,24-/m1/s1. The summed E-state index contributed by atoms with van der Waals surface area (Å²) in [5, 5.41) is 39.7. The van der Waals surface area contributed by atoms with E-state index in [1.807, 2.05) is 0 Å². The second kappa shape index (κ2) is 10.3. The monoisotopic (exact) mass is 506 g/mol. The maximum atomic E-state index is 12.5. The van der Waals surface area contributed by atoms with E-state index in [9.17, 15) is 39.6 Å². The molecular weight excluding hydrogens is 480 g/mol. The van der Waals surface area contributed by atoms with Gasteiger partial charge >= 0.3 is 17.9 Å². The van der Waals surface area contributed by atoms with Crippen LogP contribution in [-0.2, 0) is 23.8 Å². The molecule has 2 aromatic rings. The molecule has 1 saturated heterocycles. The average Bonchev–Trinajstić information content (AvgIpc) is 2.91. The SMILES string of the molecule is CC(=O)OC[C@H]1O[C@@H](Oc2cc3cc(C(=O)O)cc(O)c(=O)c3c(O)c2O)[C@H](OC(C)=O)[C@@H](C)[C@H]1C. The largest absolute Gasteiger partial charge is 0.504 e. The zero-order valence-electron chi connectivity index (χ0n) is 19.9. The van der Waals surface area contributed by atoms with Gasteiger partial charge in [-0.15, -0.1) is 0 Å². The summed E-state index contributed by atoms with van der Waals surface area (Å²) in [5.74, 6) is -6.48. The highest BCUT2D eigenvalue weighted by Gasteiger charge is 2.45. The summed E-state index contributed by atoms with van der Waals surface area (Å²) in [6.07, 6.45) is -3.01. The maximum absolute atomic E-state index is 12.5. The highest BCUT2D eigenvalue weighted by atomic mass is 16.7. The van der Waals surface area contributed by atoms with Crippen LogP contribution in [0.1, 0.15) is 38.1 Å². The van der Waals surface area contributed by atoms with E-state index >= 15 is 0 Å². The second-order valence-electron chi connectivity index (χ2n) is 8.56. The first-order valence-electron chi connectivity index (χ1n) is 10.9. The molecule has 2 aromatic carbocycles. The van der Waals surface area contributed by atoms with Crippen LogP contribution >= 0.6 is 0 Å². The number of carboxylic acid groups (broad SMARTS) is 1. The molecule has 0 radical (unpaired) electrons. The van der Waals surface area contributed by atoms with Crippen LogP contribution in [0.25, 0.3) is 10.8 Å². The van der Waals surface area contributed by atoms with E-state index in [-0.39, 0.29) is 23.8 Å². The van der Waals surface area contributed by atoms with E-state index in [1.54, 1.807) is 13.8 Å². The van der Waals surface area contributed by atoms with Gasteiger partial charge in [0.25, 0.3) is 0 Å². The fraction of sp³-hybridized carbons (Fsp3) is 0.417. The van der Waals surface area contributed by atoms with Gasteiger partial charge in [0.15, 0.2) is 23.4 Å². The van der Waals surface area contributed by atoms with Gasteiger partial charge in [0.2, 0.25) is 17.5 Å². The topological polar surface area (TPSA) is 186 Å². The molecule has 5 atom stereocenters. The molecule has 4 N–H and O–H groups in total. The Bertz CT molecular complexity index is 1270. The number of carboxylic acids is 1. The normalized spacial score (nSPS) is 23.6. The molecule has 3 rings (SSSR count). The van der Waals surface area contributed by atoms with E-state index in [0.717, 1.165) is 12.1 Å². The van der Waals surface area contributed by atoms with Crippen molar-refractivity contribution in [2.75, 3.05) is 6.61 Å². The van der Waals surface area contributed by atoms with Crippen molar-refractivity contribution in [3.8, 4) is 23.0 Å². The Morgan fingerprint density at radius 3 is 2.22 bits per heavy atom. The lowest BCUT2D eigenvalue weighted by Gasteiger charge is -2.43. The van der Waals surface area contributed by atoms with Gasteiger partial charge in [-0.25, -0.2) is 4.79 Å². The lowest BCUT2D eigenvalue weighted by molar-refractivity contribution is -0.253. The lowest BCUT2D eigenvalue weighted by Crippen LogP contribution is -2.54. The Morgan fingerprint density at radius 2 is 1.64 bits per heavy atom. The highest BCUT2D eigenvalue weighted by molar-refractivity contribution is 5.97. The molecule has 0 bridgehead atoms. The van der Waals surface area contributed by atoms with Gasteiger partial charge < -0.3 is 39.4 Å². The molecule has 0 spiro atoms. The first-order chi connectivity index (χ1) is 16.8. The highest BCUT2D eigenvalue weighted by Crippen LogP contribution is 2.43. The van der Waals surface area contributed by atoms with Gasteiger partial charge in [0, 0.05) is 19.8 Å². The number of hydrogen-bond acceptors (Lipinski definition) is 11. The third kappa shape index (κ3) is 5.28. The predicted octanol–water partition coefficient (Wildman–Crippen LogP) is 1.89. The molecule has 0 unspecified atom stereocenters. The number of hydrogen-bond donors (Lipinski definition) is 4. The zero-order valence-corrected chi connectivity index (χ0v) is 19.9. The van der Waals surface area contributed by atoms with Crippen LogP contribution in [0.3, 0.4) is 0 Å². The molecule has 0 amide bonds. The zero-order chi connectivity index (χ0) is 26.9. The molecule has 12 nitrogen and oxygen atoms in total. The molecular formula is C24H26O12. The molecule has 36 heavy (non-hydrogen) atoms. The number of carbonyl (C=O) groups excluding carboxylic acids is 2. The minimum Gasteiger partial charge on any atom is -0.504 e. The minimum atomic E-state index is -1.46. The van der Waals surface area contributed by atoms with Crippen molar-refractivity contribution >= 4 is 28.7 Å². The lowest BCUT2D eigenvalue weighted by atomic mass is 9.83. The Kier molecular flexibility index (Phi) is 7.58. The number of fused-ring (bicyclic) bond motifs is 1. The summed E-state index contributed by atoms with van der Waals surface area (Å²) in [6.45, 7) is 5.87. The van der Waals surface area contributed by atoms with Crippen molar-refractivity contribution in [1.82, 2.24) is 0 Å². The molecule has 0 saturated carbocycles. The van der Waals surface area contributed by atoms with Gasteiger partial charge in [-0.3, -0.25) is 14.4 Å². The van der Waals surface area contributed by atoms with Crippen LogP contribution in [0.15, 0.2) is 23.0 Å². The number of phenols is 2. The third-order valence-electron chi connectivity index (χ3n) is 6.09. The number of aromatic carboxylic acids is 1. The van der Waals surface area contributed by atoms with E-state index < -0.39 is 75.8 Å². The van der Waals surface area contributed by atoms with Crippen molar-refractivity contribution in [3.05, 3.63) is 34.0 Å². The van der Waals surface area contributed by atoms with Gasteiger partial charge in [-0.05, 0) is 29.5 Å². The van der Waals surface area contributed by atoms with Gasteiger partial charge in [0.1, 0.15) is 6.61 Å². The van der Waals surface area contributed by atoms with Crippen molar-refractivity contribution in [1.29, 1.82) is 0 Å². The first kappa shape index (κ1) is 26.5. The summed E-state index contributed by atoms with van der Waals surface area (Å²) >= 11 is 0. The Hall–Kier alpha value is -4.06. The van der Waals surface area contributed by atoms with Crippen molar-refractivity contribution in [2.45, 2.75) is 46.2 Å². The van der Waals surface area contributed by atoms with Crippen LogP contribution in [0.4, 0.5) is 0 Å². The minimum absolute atomic E-state index is 0.126. The predicted molar refractivity (Wildman–Crippen MR) is 122 cm³/mol. The molecule has 194 valence electrons. The van der Waals surface area contributed by atoms with Crippen molar-refractivity contribution < 1.29 is 53.8 Å². The molecule has 1 heterocycles. The summed E-state index contributed by atoms with van der Waals surface area (Å²) in [5.41, 5.74) is -1.58. The first-order valence-corrected chi connectivity index (χ1v) is 10.9. The fourth-order valence-corrected chi connectivity index (χ4v) is 3.99. The smallest absolute Gasteiger partial charge is 0.335 e. The van der Waals surface area contributed by atoms with E-state index in [0.29, 0.717) is 6.07 Å². The van der Waals surface area contributed by atoms with Gasteiger partial charge in [-0.1, -0.05) is 13.8 Å². The van der Waals surface area contributed by atoms with Crippen molar-refractivity contribution in [2.24, 2.45) is 11.8 Å². The molecule has 0 aliphatic carbocycles. The summed E-state index contributed by atoms with van der Waals surface area (Å²) in [7, 11) is 0. The fourth-order valence-electron chi connectivity index (χ4n) is 3.99. The van der Waals surface area contributed by atoms with Crippen molar-refractivity contribution in [3.63, 3.8) is 0 Å². The molecule has 0 aromatic heterocycles. The van der Waals surface area contributed by atoms with Gasteiger partial charge in [-0.2, -0.15) is 0 Å². The second-order valence-corrected chi connectivity index (χ2v) is 8.56. The van der Waals surface area contributed by atoms with Crippen LogP contribution in [0, 0.1) is 11.8 Å². The van der Waals surface area contributed by atoms with E-state index in [1.165, 1.54) is 13.8 Å². The molecule has 1 aliphatic heterocycles. The van der Waals surface area contributed by atoms with Crippen LogP contribution in [0.5, 0.6) is 23.0 Å². The average molecular weight is 506 g/mol.